The van der Waals surface area contributed by atoms with Crippen LogP contribution >= 0.6 is 0 Å². The van der Waals surface area contributed by atoms with Crippen LogP contribution in [0.15, 0.2) is 279 Å². The minimum Gasteiger partial charge on any atom is -0.310 e. The molecule has 11 aromatic rings. The van der Waals surface area contributed by atoms with E-state index in [0.717, 1.165) is 61.9 Å². The van der Waals surface area contributed by atoms with E-state index in [1.54, 1.807) is 0 Å². The van der Waals surface area contributed by atoms with Crippen LogP contribution in [0.5, 0.6) is 0 Å². The van der Waals surface area contributed by atoms with Gasteiger partial charge in [-0.3, -0.25) is 0 Å². The summed E-state index contributed by atoms with van der Waals surface area (Å²) in [6.07, 6.45) is 0. The highest BCUT2D eigenvalue weighted by molar-refractivity contribution is 6.01. The standard InChI is InChI=1S/C67H46N2/c1-6-22-47(23-7-1)50-28-20-33-53(44-50)69(66-56(48-24-8-2-9-25-48)36-21-37-57(66)49-26-10-3-11-27-49)55-41-43-61-59-35-17-19-39-63(59)67(65(61)46-55)62-38-18-16-34-58(62)60-42-40-54(45-64(60)67)68(51-29-12-4-13-30-51)52-31-14-5-15-32-52/h1-46H. The summed E-state index contributed by atoms with van der Waals surface area (Å²) >= 11 is 0. The summed E-state index contributed by atoms with van der Waals surface area (Å²) in [6, 6.07) is 102. The zero-order valence-corrected chi connectivity index (χ0v) is 38.0. The van der Waals surface area contributed by atoms with Gasteiger partial charge in [-0.2, -0.15) is 0 Å². The van der Waals surface area contributed by atoms with E-state index in [9.17, 15) is 0 Å². The van der Waals surface area contributed by atoms with Crippen molar-refractivity contribution in [2.75, 3.05) is 9.80 Å². The third kappa shape index (κ3) is 6.56. The molecule has 0 heterocycles. The lowest BCUT2D eigenvalue weighted by atomic mass is 9.70. The summed E-state index contributed by atoms with van der Waals surface area (Å²) in [6.45, 7) is 0. The fourth-order valence-electron chi connectivity index (χ4n) is 11.3. The number of hydrogen-bond donors (Lipinski definition) is 0. The molecule has 0 N–H and O–H groups in total. The van der Waals surface area contributed by atoms with E-state index in [0.29, 0.717) is 0 Å². The molecule has 2 aliphatic carbocycles. The van der Waals surface area contributed by atoms with Crippen LogP contribution in [-0.4, -0.2) is 0 Å². The van der Waals surface area contributed by atoms with E-state index >= 15 is 0 Å². The third-order valence-electron chi connectivity index (χ3n) is 14.2. The van der Waals surface area contributed by atoms with Crippen LogP contribution in [0, 0.1) is 0 Å². The van der Waals surface area contributed by atoms with Crippen molar-refractivity contribution >= 4 is 34.1 Å². The Balaban J connectivity index is 1.10. The Morgan fingerprint density at radius 3 is 1.06 bits per heavy atom. The second-order valence-corrected chi connectivity index (χ2v) is 18.0. The number of benzene rings is 11. The molecular formula is C67H46N2. The quantitative estimate of drug-likeness (QED) is 0.143. The van der Waals surface area contributed by atoms with E-state index in [4.69, 9.17) is 0 Å². The summed E-state index contributed by atoms with van der Waals surface area (Å²) in [5.74, 6) is 0. The van der Waals surface area contributed by atoms with Crippen LogP contribution in [0.1, 0.15) is 22.3 Å². The van der Waals surface area contributed by atoms with E-state index in [2.05, 4.69) is 289 Å². The maximum atomic E-state index is 2.53. The molecule has 0 amide bonds. The van der Waals surface area contributed by atoms with Crippen molar-refractivity contribution in [3.8, 4) is 55.6 Å². The maximum absolute atomic E-state index is 2.53. The second kappa shape index (κ2) is 16.7. The van der Waals surface area contributed by atoms with Crippen molar-refractivity contribution in [3.05, 3.63) is 301 Å². The number of para-hydroxylation sites is 3. The topological polar surface area (TPSA) is 6.48 Å². The fourth-order valence-corrected chi connectivity index (χ4v) is 11.3. The largest absolute Gasteiger partial charge is 0.310 e. The summed E-state index contributed by atoms with van der Waals surface area (Å²) in [5, 5.41) is 0. The molecule has 0 aromatic heterocycles. The van der Waals surface area contributed by atoms with Gasteiger partial charge in [0.1, 0.15) is 0 Å². The monoisotopic (exact) mass is 878 g/mol. The van der Waals surface area contributed by atoms with Crippen LogP contribution in [0.2, 0.25) is 0 Å². The molecule has 1 spiro atoms. The molecule has 11 aromatic carbocycles. The minimum absolute atomic E-state index is 0.609. The summed E-state index contributed by atoms with van der Waals surface area (Å²) in [5.41, 5.74) is 23.2. The van der Waals surface area contributed by atoms with E-state index in [1.165, 1.54) is 50.1 Å². The Hall–Kier alpha value is -8.98. The van der Waals surface area contributed by atoms with Crippen molar-refractivity contribution in [3.63, 3.8) is 0 Å². The highest BCUT2D eigenvalue weighted by Crippen LogP contribution is 2.64. The normalized spacial score (nSPS) is 13.9. The molecule has 0 fully saturated rings. The highest BCUT2D eigenvalue weighted by atomic mass is 15.2. The molecule has 69 heavy (non-hydrogen) atoms. The van der Waals surface area contributed by atoms with Gasteiger partial charge in [0.25, 0.3) is 0 Å². The van der Waals surface area contributed by atoms with E-state index in [1.807, 2.05) is 0 Å². The Morgan fingerprint density at radius 1 is 0.203 bits per heavy atom. The van der Waals surface area contributed by atoms with Gasteiger partial charge in [0.2, 0.25) is 0 Å². The van der Waals surface area contributed by atoms with Crippen LogP contribution < -0.4 is 9.80 Å². The number of rotatable bonds is 9. The smallest absolute Gasteiger partial charge is 0.0727 e. The lowest BCUT2D eigenvalue weighted by Crippen LogP contribution is -2.26. The lowest BCUT2D eigenvalue weighted by molar-refractivity contribution is 0.793. The predicted octanol–water partition coefficient (Wildman–Crippen LogP) is 18.0. The molecule has 1 atom stereocenters. The van der Waals surface area contributed by atoms with Crippen LogP contribution in [0.3, 0.4) is 0 Å². The van der Waals surface area contributed by atoms with Crippen LogP contribution in [-0.2, 0) is 5.41 Å². The van der Waals surface area contributed by atoms with Gasteiger partial charge in [0.15, 0.2) is 0 Å². The number of nitrogens with zero attached hydrogens (tertiary/aromatic N) is 2. The van der Waals surface area contributed by atoms with Gasteiger partial charge in [-0.05, 0) is 127 Å². The highest BCUT2D eigenvalue weighted by Gasteiger charge is 2.52. The predicted molar refractivity (Wildman–Crippen MR) is 288 cm³/mol. The van der Waals surface area contributed by atoms with Gasteiger partial charge in [-0.1, -0.05) is 218 Å². The Kier molecular flexibility index (Phi) is 9.77. The average Bonchev–Trinajstić information content (AvgIpc) is 3.89. The lowest BCUT2D eigenvalue weighted by Gasteiger charge is -2.34. The van der Waals surface area contributed by atoms with Crippen molar-refractivity contribution in [1.82, 2.24) is 0 Å². The van der Waals surface area contributed by atoms with Crippen LogP contribution in [0.4, 0.5) is 34.1 Å². The molecule has 0 bridgehead atoms. The van der Waals surface area contributed by atoms with Gasteiger partial charge >= 0.3 is 0 Å². The molecule has 2 aliphatic rings. The molecule has 324 valence electrons. The molecular weight excluding hydrogens is 833 g/mol. The summed E-state index contributed by atoms with van der Waals surface area (Å²) < 4.78 is 0. The number of hydrogen-bond acceptors (Lipinski definition) is 2. The molecule has 0 radical (unpaired) electrons. The Morgan fingerprint density at radius 2 is 0.551 bits per heavy atom. The molecule has 0 aliphatic heterocycles. The van der Waals surface area contributed by atoms with Crippen molar-refractivity contribution in [2.24, 2.45) is 0 Å². The van der Waals surface area contributed by atoms with Gasteiger partial charge in [0, 0.05) is 39.6 Å². The molecule has 2 nitrogen and oxygen atoms in total. The van der Waals surface area contributed by atoms with Gasteiger partial charge < -0.3 is 9.80 Å². The van der Waals surface area contributed by atoms with E-state index in [-0.39, 0.29) is 0 Å². The number of anilines is 6. The van der Waals surface area contributed by atoms with Gasteiger partial charge in [0.05, 0.1) is 11.1 Å². The first-order valence-corrected chi connectivity index (χ1v) is 23.8. The molecule has 13 rings (SSSR count). The fraction of sp³-hybridized carbons (Fsp3) is 0.0149. The van der Waals surface area contributed by atoms with Crippen molar-refractivity contribution < 1.29 is 0 Å². The zero-order chi connectivity index (χ0) is 45.7. The molecule has 1 unspecified atom stereocenters. The van der Waals surface area contributed by atoms with Crippen molar-refractivity contribution in [2.45, 2.75) is 5.41 Å². The number of fused-ring (bicyclic) bond motifs is 10. The average molecular weight is 879 g/mol. The SMILES string of the molecule is c1ccc(-c2cccc(N(c3ccc4c(c3)C3(c5ccccc5-c5ccc(N(c6ccccc6)c6ccccc6)cc53)c3ccccc3-4)c3c(-c4ccccc4)cccc3-c3ccccc3)c2)cc1. The first-order valence-electron chi connectivity index (χ1n) is 23.8. The van der Waals surface area contributed by atoms with Crippen molar-refractivity contribution in [1.29, 1.82) is 0 Å². The molecule has 0 saturated heterocycles. The first-order chi connectivity index (χ1) is 34.3. The van der Waals surface area contributed by atoms with E-state index < -0.39 is 5.41 Å². The summed E-state index contributed by atoms with van der Waals surface area (Å²) in [7, 11) is 0. The summed E-state index contributed by atoms with van der Waals surface area (Å²) in [4.78, 5) is 4.92. The Bertz CT molecular complexity index is 3550. The zero-order valence-electron chi connectivity index (χ0n) is 38.0. The maximum Gasteiger partial charge on any atom is 0.0727 e. The minimum atomic E-state index is -0.609. The first kappa shape index (κ1) is 40.3. The second-order valence-electron chi connectivity index (χ2n) is 18.0. The Labute approximate surface area is 404 Å². The molecule has 2 heteroatoms. The van der Waals surface area contributed by atoms with Crippen LogP contribution in [0.25, 0.3) is 55.6 Å². The third-order valence-corrected chi connectivity index (χ3v) is 14.2. The van der Waals surface area contributed by atoms with Gasteiger partial charge in [-0.25, -0.2) is 0 Å². The molecule has 0 saturated carbocycles. The van der Waals surface area contributed by atoms with Gasteiger partial charge in [-0.15, -0.1) is 0 Å².